The fraction of sp³-hybridized carbons (Fsp3) is 0.816. The van der Waals surface area contributed by atoms with Crippen LogP contribution in [-0.2, 0) is 28.6 Å². The van der Waals surface area contributed by atoms with Crippen molar-refractivity contribution in [1.82, 2.24) is 0 Å². The lowest BCUT2D eigenvalue weighted by molar-refractivity contribution is -0.887. The summed E-state index contributed by atoms with van der Waals surface area (Å²) in [4.78, 5) is 37.0. The minimum Gasteiger partial charge on any atom is -0.477 e. The van der Waals surface area contributed by atoms with Crippen molar-refractivity contribution < 1.29 is 38.2 Å². The topological polar surface area (TPSA) is 99.1 Å². The number of nitrogens with zero attached hydrogens (tertiary/aromatic N) is 1. The molecule has 0 radical (unpaired) electrons. The summed E-state index contributed by atoms with van der Waals surface area (Å²) in [5.41, 5.74) is 0. The third kappa shape index (κ3) is 38.8. The van der Waals surface area contributed by atoms with Gasteiger partial charge in [-0.05, 0) is 64.2 Å². The van der Waals surface area contributed by atoms with E-state index in [1.807, 2.05) is 21.1 Å². The van der Waals surface area contributed by atoms with Crippen LogP contribution in [0.3, 0.4) is 0 Å². The van der Waals surface area contributed by atoms with Crippen molar-refractivity contribution in [1.29, 1.82) is 0 Å². The Morgan fingerprint density at radius 2 is 0.930 bits per heavy atom. The fourth-order valence-corrected chi connectivity index (χ4v) is 6.84. The average molecular weight is 805 g/mol. The molecule has 0 aromatic heterocycles. The Morgan fingerprint density at radius 3 is 1.40 bits per heavy atom. The number of unbranched alkanes of at least 4 members (excludes halogenated alkanes) is 23. The molecule has 2 atom stereocenters. The smallest absolute Gasteiger partial charge is 0.362 e. The van der Waals surface area contributed by atoms with E-state index in [1.54, 1.807) is 0 Å². The third-order valence-electron chi connectivity index (χ3n) is 10.5. The molecule has 57 heavy (non-hydrogen) atoms. The van der Waals surface area contributed by atoms with Gasteiger partial charge in [-0.15, -0.1) is 0 Å². The first-order valence-corrected chi connectivity index (χ1v) is 23.5. The van der Waals surface area contributed by atoms with Crippen LogP contribution in [0.4, 0.5) is 0 Å². The number of carboxylic acid groups (broad SMARTS) is 1. The van der Waals surface area contributed by atoms with Crippen molar-refractivity contribution in [3.8, 4) is 0 Å². The summed E-state index contributed by atoms with van der Waals surface area (Å²) in [6.45, 7) is 4.70. The van der Waals surface area contributed by atoms with Crippen molar-refractivity contribution in [2.75, 3.05) is 41.0 Å². The molecule has 0 aliphatic carbocycles. The van der Waals surface area contributed by atoms with E-state index >= 15 is 0 Å². The van der Waals surface area contributed by atoms with Gasteiger partial charge in [-0.3, -0.25) is 9.59 Å². The van der Waals surface area contributed by atoms with Crippen LogP contribution in [0.2, 0.25) is 0 Å². The number of carbonyl (C=O) groups is 3. The summed E-state index contributed by atoms with van der Waals surface area (Å²) in [6, 6.07) is -0.617. The maximum atomic E-state index is 12.7. The van der Waals surface area contributed by atoms with Gasteiger partial charge >= 0.3 is 17.9 Å². The molecule has 0 aliphatic rings. The number of esters is 2. The predicted molar refractivity (Wildman–Crippen MR) is 238 cm³/mol. The molecule has 8 heteroatoms. The highest BCUT2D eigenvalue weighted by molar-refractivity contribution is 5.72. The molecule has 8 nitrogen and oxygen atoms in total. The Hall–Kier alpha value is -2.45. The van der Waals surface area contributed by atoms with E-state index in [1.165, 1.54) is 116 Å². The molecule has 0 spiro atoms. The maximum Gasteiger partial charge on any atom is 0.362 e. The molecule has 2 unspecified atom stereocenters. The predicted octanol–water partition coefficient (Wildman–Crippen LogP) is 13.0. The first-order valence-electron chi connectivity index (χ1n) is 23.5. The summed E-state index contributed by atoms with van der Waals surface area (Å²) in [5.74, 6) is -1.49. The Labute approximate surface area is 351 Å². The summed E-state index contributed by atoms with van der Waals surface area (Å²) >= 11 is 0. The molecule has 0 fully saturated rings. The normalized spacial score (nSPS) is 13.2. The molecule has 0 heterocycles. The Bertz CT molecular complexity index is 1030. The lowest BCUT2D eigenvalue weighted by Gasteiger charge is -2.31. The lowest BCUT2D eigenvalue weighted by Crippen LogP contribution is -2.50. The van der Waals surface area contributed by atoms with Gasteiger partial charge in [0.05, 0.1) is 34.4 Å². The number of carboxylic acids is 1. The number of likely N-dealkylation sites (N-methyl/N-ethyl adjacent to an activating group) is 1. The van der Waals surface area contributed by atoms with Crippen molar-refractivity contribution in [3.05, 3.63) is 36.5 Å². The van der Waals surface area contributed by atoms with Crippen LogP contribution in [0.15, 0.2) is 36.5 Å². The zero-order chi connectivity index (χ0) is 42.1. The van der Waals surface area contributed by atoms with Gasteiger partial charge in [0, 0.05) is 19.3 Å². The number of hydrogen-bond donors (Lipinski definition) is 1. The number of allylic oxidation sites excluding steroid dienone is 6. The van der Waals surface area contributed by atoms with Gasteiger partial charge in [-0.25, -0.2) is 4.79 Å². The molecule has 0 saturated heterocycles. The number of aliphatic carboxylic acids is 1. The van der Waals surface area contributed by atoms with E-state index in [4.69, 9.17) is 14.2 Å². The molecule has 0 saturated carbocycles. The molecule has 0 aromatic carbocycles. The molecular formula is C49H90NO7+. The summed E-state index contributed by atoms with van der Waals surface area (Å²) in [7, 11) is 5.52. The van der Waals surface area contributed by atoms with Crippen LogP contribution in [-0.4, -0.2) is 80.6 Å². The second kappa shape index (κ2) is 40.3. The van der Waals surface area contributed by atoms with E-state index in [9.17, 15) is 19.5 Å². The highest BCUT2D eigenvalue weighted by Crippen LogP contribution is 2.14. The zero-order valence-electron chi connectivity index (χ0n) is 37.8. The minimum absolute atomic E-state index is 0.0551. The molecule has 0 aliphatic heterocycles. The van der Waals surface area contributed by atoms with Gasteiger partial charge in [-0.1, -0.05) is 159 Å². The van der Waals surface area contributed by atoms with Gasteiger partial charge in [-0.2, -0.15) is 0 Å². The van der Waals surface area contributed by atoms with Gasteiger partial charge in [0.25, 0.3) is 0 Å². The SMILES string of the molecule is CCCCC/C=C/C=C/CCCCCCCCC(=O)OCC(COCCC(C(=O)O)[N+](C)(C)C)OC(=O)CCCCCCC/C=C/CCCCCCCCCCC. The van der Waals surface area contributed by atoms with E-state index in [2.05, 4.69) is 50.3 Å². The molecule has 0 aromatic rings. The molecule has 0 bridgehead atoms. The second-order valence-corrected chi connectivity index (χ2v) is 17.0. The first kappa shape index (κ1) is 54.6. The van der Waals surface area contributed by atoms with Crippen LogP contribution in [0.1, 0.15) is 206 Å². The largest absolute Gasteiger partial charge is 0.477 e. The van der Waals surface area contributed by atoms with Crippen LogP contribution in [0, 0.1) is 0 Å². The lowest BCUT2D eigenvalue weighted by atomic mass is 10.1. The highest BCUT2D eigenvalue weighted by Gasteiger charge is 2.31. The van der Waals surface area contributed by atoms with Gasteiger partial charge in [0.2, 0.25) is 0 Å². The van der Waals surface area contributed by atoms with E-state index in [0.717, 1.165) is 57.8 Å². The molecule has 1 N–H and O–H groups in total. The average Bonchev–Trinajstić information content (AvgIpc) is 3.17. The minimum atomic E-state index is -0.877. The summed E-state index contributed by atoms with van der Waals surface area (Å²) < 4.78 is 17.3. The number of hydrogen-bond acceptors (Lipinski definition) is 6. The summed E-state index contributed by atoms with van der Waals surface area (Å²) in [6.07, 6.45) is 46.1. The van der Waals surface area contributed by atoms with Crippen LogP contribution < -0.4 is 0 Å². The van der Waals surface area contributed by atoms with Crippen LogP contribution >= 0.6 is 0 Å². The quantitative estimate of drug-likeness (QED) is 0.0216. The Kier molecular flexibility index (Phi) is 38.6. The van der Waals surface area contributed by atoms with Gasteiger partial charge < -0.3 is 23.8 Å². The Balaban J connectivity index is 4.33. The van der Waals surface area contributed by atoms with Crippen molar-refractivity contribution in [2.24, 2.45) is 0 Å². The van der Waals surface area contributed by atoms with E-state index < -0.39 is 18.1 Å². The van der Waals surface area contributed by atoms with Crippen molar-refractivity contribution in [3.63, 3.8) is 0 Å². The fourth-order valence-electron chi connectivity index (χ4n) is 6.84. The monoisotopic (exact) mass is 805 g/mol. The molecule has 0 rings (SSSR count). The van der Waals surface area contributed by atoms with E-state index in [-0.39, 0.29) is 36.2 Å². The Morgan fingerprint density at radius 1 is 0.526 bits per heavy atom. The van der Waals surface area contributed by atoms with Gasteiger partial charge in [0.15, 0.2) is 12.1 Å². The maximum absolute atomic E-state index is 12.7. The second-order valence-electron chi connectivity index (χ2n) is 17.0. The van der Waals surface area contributed by atoms with Crippen molar-refractivity contribution >= 4 is 17.9 Å². The van der Waals surface area contributed by atoms with Crippen LogP contribution in [0.25, 0.3) is 0 Å². The van der Waals surface area contributed by atoms with Crippen molar-refractivity contribution in [2.45, 2.75) is 219 Å². The zero-order valence-corrected chi connectivity index (χ0v) is 37.8. The van der Waals surface area contributed by atoms with Crippen LogP contribution in [0.5, 0.6) is 0 Å². The third-order valence-corrected chi connectivity index (χ3v) is 10.5. The number of quaternary nitrogens is 1. The number of carbonyl (C=O) groups excluding carboxylic acids is 2. The molecule has 0 amide bonds. The van der Waals surface area contributed by atoms with E-state index in [0.29, 0.717) is 19.3 Å². The molecule has 332 valence electrons. The summed E-state index contributed by atoms with van der Waals surface area (Å²) in [5, 5.41) is 9.63. The molecular weight excluding hydrogens is 715 g/mol. The number of ether oxygens (including phenoxy) is 3. The highest BCUT2D eigenvalue weighted by atomic mass is 16.6. The van der Waals surface area contributed by atoms with Gasteiger partial charge in [0.1, 0.15) is 6.61 Å². The number of rotatable bonds is 42. The standard InChI is InChI=1S/C49H89NO7/c1-6-8-10-12-14-16-18-20-22-23-24-26-28-30-32-34-36-38-40-48(52)57-45(43-55-42-41-46(49(53)54)50(3,4)5)44-56-47(51)39-37-35-33-31-29-27-25-21-19-17-15-13-11-9-7-2/h15,17,19,21,24,26,45-46H,6-14,16,18,20,22-23,25,27-44H2,1-5H3/p+1/b17-15+,21-19+,26-24+. The first-order chi connectivity index (χ1) is 27.6.